The minimum absolute atomic E-state index is 0.117. The molecule has 0 bridgehead atoms. The van der Waals surface area contributed by atoms with E-state index < -0.39 is 29.3 Å². The molecule has 1 N–H and O–H groups in total. The highest BCUT2D eigenvalue weighted by molar-refractivity contribution is 6.06. The lowest BCUT2D eigenvalue weighted by molar-refractivity contribution is -0.137. The van der Waals surface area contributed by atoms with Crippen molar-refractivity contribution in [2.24, 2.45) is 5.92 Å². The predicted molar refractivity (Wildman–Crippen MR) is 130 cm³/mol. The van der Waals surface area contributed by atoms with Gasteiger partial charge in [0.25, 0.3) is 0 Å². The van der Waals surface area contributed by atoms with Crippen molar-refractivity contribution in [2.75, 3.05) is 7.11 Å². The number of amides is 1. The summed E-state index contributed by atoms with van der Waals surface area (Å²) in [4.78, 5) is 37.9. The van der Waals surface area contributed by atoms with Gasteiger partial charge in [-0.15, -0.1) is 0 Å². The van der Waals surface area contributed by atoms with E-state index in [1.54, 1.807) is 58.0 Å². The molecule has 8 heteroatoms. The number of nitrogens with one attached hydrogen (secondary N) is 1. The molecule has 0 unspecified atom stereocenters. The molecule has 0 radical (unpaired) electrons. The molecule has 1 amide bonds. The number of rotatable bonds is 6. The summed E-state index contributed by atoms with van der Waals surface area (Å²) in [5.74, 6) is 0.282. The van der Waals surface area contributed by atoms with Crippen LogP contribution >= 0.6 is 0 Å². The van der Waals surface area contributed by atoms with E-state index in [4.69, 9.17) is 18.6 Å². The average Bonchev–Trinajstić information content (AvgIpc) is 2.73. The Labute approximate surface area is 198 Å². The van der Waals surface area contributed by atoms with Crippen LogP contribution in [0.5, 0.6) is 11.5 Å². The van der Waals surface area contributed by atoms with Crippen molar-refractivity contribution in [3.05, 3.63) is 46.3 Å². The number of ether oxygens (including phenoxy) is 3. The van der Waals surface area contributed by atoms with Crippen LogP contribution in [0.1, 0.15) is 46.6 Å². The van der Waals surface area contributed by atoms with Gasteiger partial charge in [-0.05, 0) is 70.4 Å². The van der Waals surface area contributed by atoms with E-state index in [1.807, 2.05) is 13.8 Å². The Hall–Kier alpha value is -3.55. The number of benzene rings is 2. The van der Waals surface area contributed by atoms with E-state index >= 15 is 0 Å². The zero-order valence-corrected chi connectivity index (χ0v) is 20.6. The summed E-state index contributed by atoms with van der Waals surface area (Å²) in [6, 6.07) is 7.68. The number of aryl methyl sites for hydroxylation is 1. The largest absolute Gasteiger partial charge is 0.497 e. The molecule has 0 saturated heterocycles. The van der Waals surface area contributed by atoms with Gasteiger partial charge in [-0.25, -0.2) is 14.4 Å². The lowest BCUT2D eigenvalue weighted by Crippen LogP contribution is -2.45. The average molecular weight is 470 g/mol. The minimum Gasteiger partial charge on any atom is -0.497 e. The molecule has 1 heterocycles. The third-order valence-corrected chi connectivity index (χ3v) is 5.18. The molecule has 0 saturated carbocycles. The highest BCUT2D eigenvalue weighted by Crippen LogP contribution is 2.32. The van der Waals surface area contributed by atoms with Gasteiger partial charge >= 0.3 is 17.7 Å². The zero-order chi connectivity index (χ0) is 25.2. The Morgan fingerprint density at radius 3 is 2.35 bits per heavy atom. The second-order valence-electron chi connectivity index (χ2n) is 9.62. The fourth-order valence-electron chi connectivity index (χ4n) is 3.64. The summed E-state index contributed by atoms with van der Waals surface area (Å²) in [6.07, 6.45) is -0.329. The molecule has 182 valence electrons. The molecule has 3 aromatic rings. The van der Waals surface area contributed by atoms with Gasteiger partial charge in [0, 0.05) is 16.3 Å². The van der Waals surface area contributed by atoms with Gasteiger partial charge < -0.3 is 23.9 Å². The SMILES string of the molecule is COc1ccc2c(c1)c(=O)oc1c(C)c(OC(=O)[C@H](CC(C)C)NC(=O)OC(C)(C)C)ccc12. The van der Waals surface area contributed by atoms with Crippen LogP contribution in [0, 0.1) is 12.8 Å². The van der Waals surface area contributed by atoms with E-state index in [1.165, 1.54) is 7.11 Å². The zero-order valence-electron chi connectivity index (χ0n) is 20.6. The first-order chi connectivity index (χ1) is 15.9. The molecule has 1 aromatic heterocycles. The summed E-state index contributed by atoms with van der Waals surface area (Å²) >= 11 is 0. The summed E-state index contributed by atoms with van der Waals surface area (Å²) in [5.41, 5.74) is -0.387. The van der Waals surface area contributed by atoms with Crippen molar-refractivity contribution in [3.63, 3.8) is 0 Å². The first-order valence-electron chi connectivity index (χ1n) is 11.1. The Balaban J connectivity index is 1.93. The molecule has 0 aliphatic heterocycles. The first kappa shape index (κ1) is 25.1. The molecule has 34 heavy (non-hydrogen) atoms. The van der Waals surface area contributed by atoms with E-state index in [-0.39, 0.29) is 11.7 Å². The Kier molecular flexibility index (Phi) is 7.19. The van der Waals surface area contributed by atoms with Gasteiger partial charge in [0.15, 0.2) is 0 Å². The number of hydrogen-bond donors (Lipinski definition) is 1. The van der Waals surface area contributed by atoms with Crippen molar-refractivity contribution >= 4 is 33.8 Å². The number of carbonyl (C=O) groups is 2. The third-order valence-electron chi connectivity index (χ3n) is 5.18. The lowest BCUT2D eigenvalue weighted by atomic mass is 10.0. The van der Waals surface area contributed by atoms with Crippen molar-refractivity contribution in [3.8, 4) is 11.5 Å². The van der Waals surface area contributed by atoms with E-state index in [0.717, 1.165) is 0 Å². The summed E-state index contributed by atoms with van der Waals surface area (Å²) in [7, 11) is 1.53. The van der Waals surface area contributed by atoms with Crippen molar-refractivity contribution in [2.45, 2.75) is 59.6 Å². The van der Waals surface area contributed by atoms with Crippen LogP contribution in [-0.4, -0.2) is 30.8 Å². The maximum atomic E-state index is 13.0. The Morgan fingerprint density at radius 2 is 1.74 bits per heavy atom. The van der Waals surface area contributed by atoms with E-state index in [9.17, 15) is 14.4 Å². The van der Waals surface area contributed by atoms with Gasteiger partial charge in [0.2, 0.25) is 0 Å². The van der Waals surface area contributed by atoms with Gasteiger partial charge in [-0.3, -0.25) is 0 Å². The molecule has 0 aliphatic carbocycles. The fourth-order valence-corrected chi connectivity index (χ4v) is 3.64. The fraction of sp³-hybridized carbons (Fsp3) is 0.423. The van der Waals surface area contributed by atoms with Gasteiger partial charge in [0.05, 0.1) is 12.5 Å². The molecule has 0 fully saturated rings. The van der Waals surface area contributed by atoms with E-state index in [0.29, 0.717) is 39.5 Å². The van der Waals surface area contributed by atoms with Crippen LogP contribution in [0.25, 0.3) is 21.7 Å². The van der Waals surface area contributed by atoms with Crippen LogP contribution in [-0.2, 0) is 9.53 Å². The van der Waals surface area contributed by atoms with Gasteiger partial charge in [-0.1, -0.05) is 13.8 Å². The van der Waals surface area contributed by atoms with Crippen LogP contribution in [0.15, 0.2) is 39.5 Å². The molecule has 0 aliphatic rings. The monoisotopic (exact) mass is 469 g/mol. The number of fused-ring (bicyclic) bond motifs is 3. The number of methoxy groups -OCH3 is 1. The number of hydrogen-bond acceptors (Lipinski definition) is 7. The minimum atomic E-state index is -0.902. The normalized spacial score (nSPS) is 12.6. The number of alkyl carbamates (subject to hydrolysis) is 1. The third kappa shape index (κ3) is 5.68. The van der Waals surface area contributed by atoms with Crippen LogP contribution in [0.3, 0.4) is 0 Å². The second kappa shape index (κ2) is 9.75. The molecule has 3 rings (SSSR count). The molecule has 2 aromatic carbocycles. The molecule has 1 atom stereocenters. The smallest absolute Gasteiger partial charge is 0.408 e. The second-order valence-corrected chi connectivity index (χ2v) is 9.62. The topological polar surface area (TPSA) is 104 Å². The highest BCUT2D eigenvalue weighted by Gasteiger charge is 2.27. The molecule has 8 nitrogen and oxygen atoms in total. The molecular weight excluding hydrogens is 438 g/mol. The highest BCUT2D eigenvalue weighted by atomic mass is 16.6. The summed E-state index contributed by atoms with van der Waals surface area (Å²) in [6.45, 7) is 10.8. The molecular formula is C26H31NO7. The van der Waals surface area contributed by atoms with Gasteiger partial charge in [0.1, 0.15) is 28.7 Å². The van der Waals surface area contributed by atoms with E-state index in [2.05, 4.69) is 5.32 Å². The Bertz CT molecular complexity index is 1280. The predicted octanol–water partition coefficient (Wildman–Crippen LogP) is 5.11. The summed E-state index contributed by atoms with van der Waals surface area (Å²) < 4.78 is 21.7. The number of esters is 1. The lowest BCUT2D eigenvalue weighted by Gasteiger charge is -2.24. The van der Waals surface area contributed by atoms with Crippen LogP contribution < -0.4 is 20.4 Å². The maximum Gasteiger partial charge on any atom is 0.408 e. The van der Waals surface area contributed by atoms with Crippen LogP contribution in [0.4, 0.5) is 4.79 Å². The number of carbonyl (C=O) groups excluding carboxylic acids is 2. The van der Waals surface area contributed by atoms with Crippen molar-refractivity contribution in [1.82, 2.24) is 5.32 Å². The van der Waals surface area contributed by atoms with Gasteiger partial charge in [-0.2, -0.15) is 0 Å². The molecule has 0 spiro atoms. The first-order valence-corrected chi connectivity index (χ1v) is 11.1. The van der Waals surface area contributed by atoms with Crippen molar-refractivity contribution < 1.29 is 28.2 Å². The maximum absolute atomic E-state index is 13.0. The quantitative estimate of drug-likeness (QED) is 0.232. The standard InChI is InChI=1S/C26H31NO7/c1-14(2)12-20(27-25(30)34-26(4,5)6)24(29)32-21-11-10-18-17-9-8-16(31-7)13-19(17)23(28)33-22(18)15(21)3/h8-11,13-14,20H,12H2,1-7H3,(H,27,30)/t20-/m0/s1. The van der Waals surface area contributed by atoms with Crippen LogP contribution in [0.2, 0.25) is 0 Å². The Morgan fingerprint density at radius 1 is 1.06 bits per heavy atom. The van der Waals surface area contributed by atoms with Crippen molar-refractivity contribution in [1.29, 1.82) is 0 Å². The summed E-state index contributed by atoms with van der Waals surface area (Å²) in [5, 5.41) is 4.42.